The molecule has 1 heteroatoms. The van der Waals surface area contributed by atoms with Gasteiger partial charge in [0, 0.05) is 12.1 Å². The Hall–Kier alpha value is -0.820. The van der Waals surface area contributed by atoms with Crippen LogP contribution < -0.4 is 0 Å². The molecule has 0 radical (unpaired) electrons. The molecule has 0 spiro atoms. The van der Waals surface area contributed by atoms with E-state index in [1.54, 1.807) is 0 Å². The zero-order chi connectivity index (χ0) is 11.0. The summed E-state index contributed by atoms with van der Waals surface area (Å²) in [5.41, 5.74) is 1.48. The third-order valence-electron chi connectivity index (χ3n) is 4.58. The first-order valence-corrected chi connectivity index (χ1v) is 6.67. The third kappa shape index (κ3) is 1.67. The van der Waals surface area contributed by atoms with Gasteiger partial charge in [-0.1, -0.05) is 36.8 Å². The number of fused-ring (bicyclic) bond motifs is 1. The molecular weight excluding hydrogens is 194 g/mol. The highest BCUT2D eigenvalue weighted by molar-refractivity contribution is 5.19. The molecule has 3 atom stereocenters. The normalized spacial score (nSPS) is 31.6. The molecule has 1 saturated carbocycles. The van der Waals surface area contributed by atoms with Gasteiger partial charge in [-0.05, 0) is 44.2 Å². The van der Waals surface area contributed by atoms with Crippen LogP contribution in [-0.2, 0) is 0 Å². The van der Waals surface area contributed by atoms with Gasteiger partial charge in [0.05, 0.1) is 0 Å². The maximum atomic E-state index is 2.74. The van der Waals surface area contributed by atoms with Crippen molar-refractivity contribution in [3.05, 3.63) is 35.9 Å². The quantitative estimate of drug-likeness (QED) is 0.728. The van der Waals surface area contributed by atoms with E-state index in [4.69, 9.17) is 0 Å². The number of hydrogen-bond acceptors (Lipinski definition) is 1. The summed E-state index contributed by atoms with van der Waals surface area (Å²) in [4.78, 5) is 2.74. The van der Waals surface area contributed by atoms with Crippen LogP contribution in [0, 0.1) is 5.92 Å². The fourth-order valence-corrected chi connectivity index (χ4v) is 3.68. The molecular formula is C15H21N. The Morgan fingerprint density at radius 2 is 1.94 bits per heavy atom. The molecule has 1 nitrogen and oxygen atoms in total. The second-order valence-corrected chi connectivity index (χ2v) is 5.37. The molecule has 1 aromatic rings. The van der Waals surface area contributed by atoms with Gasteiger partial charge in [-0.3, -0.25) is 4.90 Å². The van der Waals surface area contributed by atoms with Gasteiger partial charge in [-0.25, -0.2) is 0 Å². The van der Waals surface area contributed by atoms with Gasteiger partial charge in [-0.2, -0.15) is 0 Å². The monoisotopic (exact) mass is 215 g/mol. The van der Waals surface area contributed by atoms with Crippen molar-refractivity contribution in [2.24, 2.45) is 5.92 Å². The maximum absolute atomic E-state index is 2.74. The lowest BCUT2D eigenvalue weighted by Crippen LogP contribution is -2.32. The molecule has 1 saturated heterocycles. The molecule has 1 heterocycles. The SMILES string of the molecule is CC(c1ccccc1)N1CCC2CCCC21. The van der Waals surface area contributed by atoms with Crippen molar-refractivity contribution in [2.75, 3.05) is 6.54 Å². The van der Waals surface area contributed by atoms with Gasteiger partial charge in [0.15, 0.2) is 0 Å². The summed E-state index contributed by atoms with van der Waals surface area (Å²) < 4.78 is 0. The molecule has 0 bridgehead atoms. The fourth-order valence-electron chi connectivity index (χ4n) is 3.68. The maximum Gasteiger partial charge on any atom is 0.0322 e. The van der Waals surface area contributed by atoms with Crippen LogP contribution in [0.15, 0.2) is 30.3 Å². The van der Waals surface area contributed by atoms with Gasteiger partial charge in [0.2, 0.25) is 0 Å². The Morgan fingerprint density at radius 3 is 2.75 bits per heavy atom. The first kappa shape index (κ1) is 10.3. The average molecular weight is 215 g/mol. The number of likely N-dealkylation sites (tertiary alicyclic amines) is 1. The van der Waals surface area contributed by atoms with Crippen molar-refractivity contribution in [1.82, 2.24) is 4.90 Å². The number of benzene rings is 1. The fraction of sp³-hybridized carbons (Fsp3) is 0.600. The molecule has 0 N–H and O–H groups in total. The summed E-state index contributed by atoms with van der Waals surface area (Å²) in [6, 6.07) is 12.5. The molecule has 1 aliphatic heterocycles. The van der Waals surface area contributed by atoms with E-state index in [9.17, 15) is 0 Å². The molecule has 3 unspecified atom stereocenters. The molecule has 0 amide bonds. The highest BCUT2D eigenvalue weighted by Gasteiger charge is 2.39. The molecule has 3 rings (SSSR count). The van der Waals surface area contributed by atoms with Crippen LogP contribution >= 0.6 is 0 Å². The van der Waals surface area contributed by atoms with Crippen LogP contribution in [-0.4, -0.2) is 17.5 Å². The minimum absolute atomic E-state index is 0.606. The molecule has 0 aromatic heterocycles. The smallest absolute Gasteiger partial charge is 0.0322 e. The van der Waals surface area contributed by atoms with Crippen LogP contribution in [0.1, 0.15) is 44.2 Å². The van der Waals surface area contributed by atoms with Crippen molar-refractivity contribution in [3.8, 4) is 0 Å². The van der Waals surface area contributed by atoms with Gasteiger partial charge < -0.3 is 0 Å². The molecule has 2 aliphatic rings. The summed E-state index contributed by atoms with van der Waals surface area (Å²) in [5, 5.41) is 0. The van der Waals surface area contributed by atoms with Crippen molar-refractivity contribution >= 4 is 0 Å². The van der Waals surface area contributed by atoms with Crippen molar-refractivity contribution in [3.63, 3.8) is 0 Å². The number of nitrogens with zero attached hydrogens (tertiary/aromatic N) is 1. The highest BCUT2D eigenvalue weighted by atomic mass is 15.2. The Balaban J connectivity index is 1.78. The van der Waals surface area contributed by atoms with E-state index in [-0.39, 0.29) is 0 Å². The van der Waals surface area contributed by atoms with Gasteiger partial charge in [-0.15, -0.1) is 0 Å². The topological polar surface area (TPSA) is 3.24 Å². The third-order valence-corrected chi connectivity index (χ3v) is 4.58. The van der Waals surface area contributed by atoms with Gasteiger partial charge in [0.1, 0.15) is 0 Å². The van der Waals surface area contributed by atoms with Crippen LogP contribution in [0.2, 0.25) is 0 Å². The summed E-state index contributed by atoms with van der Waals surface area (Å²) >= 11 is 0. The predicted molar refractivity (Wildman–Crippen MR) is 67.3 cm³/mol. The summed E-state index contributed by atoms with van der Waals surface area (Å²) in [5.74, 6) is 1.01. The average Bonchev–Trinajstić information content (AvgIpc) is 2.91. The minimum Gasteiger partial charge on any atom is -0.293 e. The van der Waals surface area contributed by atoms with Gasteiger partial charge >= 0.3 is 0 Å². The first-order chi connectivity index (χ1) is 7.86. The van der Waals surface area contributed by atoms with Crippen LogP contribution in [0.5, 0.6) is 0 Å². The zero-order valence-corrected chi connectivity index (χ0v) is 10.1. The molecule has 1 aromatic carbocycles. The van der Waals surface area contributed by atoms with Crippen molar-refractivity contribution < 1.29 is 0 Å². The second kappa shape index (κ2) is 4.21. The molecule has 16 heavy (non-hydrogen) atoms. The Labute approximate surface area is 98.5 Å². The largest absolute Gasteiger partial charge is 0.293 e. The lowest BCUT2D eigenvalue weighted by atomic mass is 10.0. The summed E-state index contributed by atoms with van der Waals surface area (Å²) in [7, 11) is 0. The highest BCUT2D eigenvalue weighted by Crippen LogP contribution is 2.41. The van der Waals surface area contributed by atoms with E-state index < -0.39 is 0 Å². The second-order valence-electron chi connectivity index (χ2n) is 5.37. The van der Waals surface area contributed by atoms with E-state index in [2.05, 4.69) is 42.2 Å². The molecule has 1 aliphatic carbocycles. The predicted octanol–water partition coefficient (Wildman–Crippen LogP) is 3.62. The number of rotatable bonds is 2. The lowest BCUT2D eigenvalue weighted by molar-refractivity contribution is 0.183. The Bertz CT molecular complexity index is 346. The summed E-state index contributed by atoms with van der Waals surface area (Å²) in [6.45, 7) is 3.68. The van der Waals surface area contributed by atoms with Crippen molar-refractivity contribution in [2.45, 2.75) is 44.7 Å². The Kier molecular flexibility index (Phi) is 2.72. The Morgan fingerprint density at radius 1 is 1.12 bits per heavy atom. The van der Waals surface area contributed by atoms with E-state index in [0.717, 1.165) is 12.0 Å². The van der Waals surface area contributed by atoms with Crippen LogP contribution in [0.4, 0.5) is 0 Å². The van der Waals surface area contributed by atoms with E-state index in [1.165, 1.54) is 37.8 Å². The lowest BCUT2D eigenvalue weighted by Gasteiger charge is -2.30. The van der Waals surface area contributed by atoms with Crippen molar-refractivity contribution in [1.29, 1.82) is 0 Å². The van der Waals surface area contributed by atoms with Crippen LogP contribution in [0.3, 0.4) is 0 Å². The molecule has 2 fully saturated rings. The minimum atomic E-state index is 0.606. The zero-order valence-electron chi connectivity index (χ0n) is 10.1. The van der Waals surface area contributed by atoms with Crippen LogP contribution in [0.25, 0.3) is 0 Å². The first-order valence-electron chi connectivity index (χ1n) is 6.67. The standard InChI is InChI=1S/C15H21N/c1-12(13-6-3-2-4-7-13)16-11-10-14-8-5-9-15(14)16/h2-4,6-7,12,14-15H,5,8-11H2,1H3. The van der Waals surface area contributed by atoms with E-state index >= 15 is 0 Å². The summed E-state index contributed by atoms with van der Waals surface area (Å²) in [6.07, 6.45) is 5.79. The van der Waals surface area contributed by atoms with E-state index in [0.29, 0.717) is 6.04 Å². The van der Waals surface area contributed by atoms with Gasteiger partial charge in [0.25, 0.3) is 0 Å². The number of hydrogen-bond donors (Lipinski definition) is 0. The van der Waals surface area contributed by atoms with E-state index in [1.807, 2.05) is 0 Å². The molecule has 86 valence electrons.